The molecular weight excluding hydrogens is 332 g/mol. The highest BCUT2D eigenvalue weighted by Gasteiger charge is 2.09. The van der Waals surface area contributed by atoms with Gasteiger partial charge in [0.1, 0.15) is 5.75 Å². The molecule has 0 spiro atoms. The number of halogens is 1. The lowest BCUT2D eigenvalue weighted by atomic mass is 10.1. The molecule has 0 heterocycles. The topological polar surface area (TPSA) is 52.6 Å². The molecule has 0 saturated carbocycles. The van der Waals surface area contributed by atoms with E-state index in [0.717, 1.165) is 27.6 Å². The lowest BCUT2D eigenvalue weighted by Gasteiger charge is -2.14. The predicted octanol–water partition coefficient (Wildman–Crippen LogP) is 3.06. The molecular formula is C13H19BrO4S. The van der Waals surface area contributed by atoms with E-state index in [9.17, 15) is 8.42 Å². The van der Waals surface area contributed by atoms with Crippen LogP contribution >= 0.6 is 15.9 Å². The average molecular weight is 351 g/mol. The van der Waals surface area contributed by atoms with Crippen molar-refractivity contribution in [3.63, 3.8) is 0 Å². The molecule has 0 aromatic heterocycles. The van der Waals surface area contributed by atoms with Gasteiger partial charge in [0.15, 0.2) is 0 Å². The molecule has 1 unspecified atom stereocenters. The van der Waals surface area contributed by atoms with Crippen molar-refractivity contribution in [2.24, 2.45) is 5.92 Å². The minimum absolute atomic E-state index is 0.000941. The molecule has 0 bridgehead atoms. The Balaban J connectivity index is 2.53. The first kappa shape index (κ1) is 16.5. The largest absolute Gasteiger partial charge is 0.493 e. The van der Waals surface area contributed by atoms with E-state index in [1.54, 1.807) is 0 Å². The van der Waals surface area contributed by atoms with E-state index in [4.69, 9.17) is 8.92 Å². The second kappa shape index (κ2) is 6.72. The van der Waals surface area contributed by atoms with E-state index in [1.165, 1.54) is 0 Å². The first-order valence-corrected chi connectivity index (χ1v) is 8.54. The molecule has 0 amide bonds. The van der Waals surface area contributed by atoms with Crippen LogP contribution in [0, 0.1) is 19.8 Å². The van der Waals surface area contributed by atoms with Gasteiger partial charge in [0.05, 0.1) is 19.5 Å². The Morgan fingerprint density at radius 3 is 2.21 bits per heavy atom. The fourth-order valence-corrected chi connectivity index (χ4v) is 2.22. The first-order chi connectivity index (χ1) is 8.69. The molecule has 0 radical (unpaired) electrons. The molecule has 4 nitrogen and oxygen atoms in total. The highest BCUT2D eigenvalue weighted by molar-refractivity contribution is 9.10. The molecule has 1 atom stereocenters. The Hall–Kier alpha value is -0.590. The smallest absolute Gasteiger partial charge is 0.264 e. The van der Waals surface area contributed by atoms with Gasteiger partial charge in [-0.25, -0.2) is 0 Å². The quantitative estimate of drug-likeness (QED) is 0.740. The van der Waals surface area contributed by atoms with Gasteiger partial charge < -0.3 is 4.74 Å². The zero-order valence-corrected chi connectivity index (χ0v) is 14.0. The summed E-state index contributed by atoms with van der Waals surface area (Å²) < 4.78 is 33.2. The van der Waals surface area contributed by atoms with Gasteiger partial charge in [-0.15, -0.1) is 0 Å². The zero-order chi connectivity index (χ0) is 14.6. The Bertz CT molecular complexity index is 517. The van der Waals surface area contributed by atoms with Gasteiger partial charge in [0.25, 0.3) is 10.1 Å². The van der Waals surface area contributed by atoms with Crippen molar-refractivity contribution in [1.82, 2.24) is 0 Å². The highest BCUT2D eigenvalue weighted by atomic mass is 79.9. The third-order valence-corrected chi connectivity index (χ3v) is 4.33. The monoisotopic (exact) mass is 350 g/mol. The van der Waals surface area contributed by atoms with Gasteiger partial charge in [-0.3, -0.25) is 4.18 Å². The van der Waals surface area contributed by atoms with Crippen molar-refractivity contribution in [3.8, 4) is 5.75 Å². The Kier molecular flexibility index (Phi) is 5.82. The summed E-state index contributed by atoms with van der Waals surface area (Å²) in [5.74, 6) is 0.781. The molecule has 0 N–H and O–H groups in total. The van der Waals surface area contributed by atoms with E-state index in [1.807, 2.05) is 32.9 Å². The fourth-order valence-electron chi connectivity index (χ4n) is 1.52. The Labute approximate surface area is 123 Å². The van der Waals surface area contributed by atoms with Gasteiger partial charge in [0.2, 0.25) is 0 Å². The molecule has 108 valence electrons. The zero-order valence-electron chi connectivity index (χ0n) is 11.6. The number of rotatable bonds is 6. The number of aryl methyl sites for hydroxylation is 2. The maximum Gasteiger partial charge on any atom is 0.264 e. The molecule has 0 aliphatic rings. The minimum atomic E-state index is -3.38. The number of hydrogen-bond donors (Lipinski definition) is 0. The second-order valence-electron chi connectivity index (χ2n) is 4.78. The van der Waals surface area contributed by atoms with Gasteiger partial charge in [0, 0.05) is 10.4 Å². The standard InChI is InChI=1S/C13H19BrO4S/c1-9(8-18-19(4,15)16)7-17-12-5-10(2)13(14)11(3)6-12/h5-6,9H,7-8H2,1-4H3. The van der Waals surface area contributed by atoms with Crippen molar-refractivity contribution in [2.45, 2.75) is 20.8 Å². The number of ether oxygens (including phenoxy) is 1. The van der Waals surface area contributed by atoms with Crippen LogP contribution in [0.2, 0.25) is 0 Å². The summed E-state index contributed by atoms with van der Waals surface area (Å²) in [5.41, 5.74) is 2.21. The van der Waals surface area contributed by atoms with Crippen molar-refractivity contribution in [1.29, 1.82) is 0 Å². The molecule has 1 aromatic carbocycles. The first-order valence-electron chi connectivity index (χ1n) is 5.93. The highest BCUT2D eigenvalue weighted by Crippen LogP contribution is 2.26. The summed E-state index contributed by atoms with van der Waals surface area (Å²) in [7, 11) is -3.38. The molecule has 0 saturated heterocycles. The SMILES string of the molecule is Cc1cc(OCC(C)COS(C)(=O)=O)cc(C)c1Br. The van der Waals surface area contributed by atoms with E-state index >= 15 is 0 Å². The van der Waals surface area contributed by atoms with Crippen LogP contribution in [0.15, 0.2) is 16.6 Å². The van der Waals surface area contributed by atoms with Gasteiger partial charge in [-0.2, -0.15) is 8.42 Å². The summed E-state index contributed by atoms with van der Waals surface area (Å²) in [6.07, 6.45) is 1.04. The summed E-state index contributed by atoms with van der Waals surface area (Å²) in [5, 5.41) is 0. The van der Waals surface area contributed by atoms with Crippen molar-refractivity contribution in [2.75, 3.05) is 19.5 Å². The molecule has 0 fully saturated rings. The summed E-state index contributed by atoms with van der Waals surface area (Å²) in [6, 6.07) is 3.89. The van der Waals surface area contributed by atoms with Crippen LogP contribution in [0.3, 0.4) is 0 Å². The summed E-state index contributed by atoms with van der Waals surface area (Å²) in [6.45, 7) is 6.42. The maximum absolute atomic E-state index is 10.9. The molecule has 6 heteroatoms. The predicted molar refractivity (Wildman–Crippen MR) is 79.1 cm³/mol. The normalized spacial score (nSPS) is 13.3. The Morgan fingerprint density at radius 1 is 1.21 bits per heavy atom. The van der Waals surface area contributed by atoms with Crippen LogP contribution in [0.5, 0.6) is 5.75 Å². The van der Waals surface area contributed by atoms with Crippen molar-refractivity contribution < 1.29 is 17.3 Å². The molecule has 0 aliphatic carbocycles. The summed E-state index contributed by atoms with van der Waals surface area (Å²) in [4.78, 5) is 0. The van der Waals surface area contributed by atoms with Gasteiger partial charge in [-0.05, 0) is 37.1 Å². The van der Waals surface area contributed by atoms with Crippen LogP contribution in [0.25, 0.3) is 0 Å². The summed E-state index contributed by atoms with van der Waals surface area (Å²) >= 11 is 3.50. The molecule has 19 heavy (non-hydrogen) atoms. The van der Waals surface area contributed by atoms with Crippen LogP contribution in [-0.2, 0) is 14.3 Å². The fraction of sp³-hybridized carbons (Fsp3) is 0.538. The van der Waals surface area contributed by atoms with Gasteiger partial charge in [-0.1, -0.05) is 22.9 Å². The Morgan fingerprint density at radius 2 is 1.74 bits per heavy atom. The molecule has 0 aliphatic heterocycles. The van der Waals surface area contributed by atoms with E-state index in [0.29, 0.717) is 6.61 Å². The minimum Gasteiger partial charge on any atom is -0.493 e. The van der Waals surface area contributed by atoms with Crippen LogP contribution in [-0.4, -0.2) is 27.9 Å². The third kappa shape index (κ3) is 5.93. The number of benzene rings is 1. The van der Waals surface area contributed by atoms with Crippen LogP contribution in [0.1, 0.15) is 18.1 Å². The van der Waals surface area contributed by atoms with Crippen LogP contribution in [0.4, 0.5) is 0 Å². The van der Waals surface area contributed by atoms with Crippen LogP contribution < -0.4 is 4.74 Å². The van der Waals surface area contributed by atoms with E-state index in [2.05, 4.69) is 15.9 Å². The van der Waals surface area contributed by atoms with Crippen molar-refractivity contribution >= 4 is 26.0 Å². The number of hydrogen-bond acceptors (Lipinski definition) is 4. The molecule has 1 rings (SSSR count). The lowest BCUT2D eigenvalue weighted by Crippen LogP contribution is -2.17. The maximum atomic E-state index is 10.9. The van der Waals surface area contributed by atoms with E-state index in [-0.39, 0.29) is 12.5 Å². The van der Waals surface area contributed by atoms with Gasteiger partial charge >= 0.3 is 0 Å². The third-order valence-electron chi connectivity index (χ3n) is 2.51. The van der Waals surface area contributed by atoms with Crippen molar-refractivity contribution in [3.05, 3.63) is 27.7 Å². The average Bonchev–Trinajstić information content (AvgIpc) is 2.29. The molecule has 1 aromatic rings. The second-order valence-corrected chi connectivity index (χ2v) is 7.21. The van der Waals surface area contributed by atoms with E-state index < -0.39 is 10.1 Å². The lowest BCUT2D eigenvalue weighted by molar-refractivity contribution is 0.193.